The number of nitrogens with one attached hydrogen (secondary N) is 1. The maximum absolute atomic E-state index is 13.5. The molecule has 8 heteroatoms. The molecule has 0 atom stereocenters. The normalized spacial score (nSPS) is 15.1. The van der Waals surface area contributed by atoms with Crippen LogP contribution in [0.4, 0.5) is 5.69 Å². The minimum atomic E-state index is -0.314. The molecule has 0 radical (unpaired) electrons. The van der Waals surface area contributed by atoms with E-state index in [0.717, 1.165) is 35.7 Å². The topological polar surface area (TPSA) is 82.9 Å². The summed E-state index contributed by atoms with van der Waals surface area (Å²) in [7, 11) is 0. The van der Waals surface area contributed by atoms with Gasteiger partial charge < -0.3 is 14.6 Å². The average Bonchev–Trinajstić information content (AvgIpc) is 3.54. The minimum absolute atomic E-state index is 0.0447. The summed E-state index contributed by atoms with van der Waals surface area (Å²) in [5, 5.41) is 2.80. The number of nitrogens with zero attached hydrogens (tertiary/aromatic N) is 2. The fourth-order valence-corrected chi connectivity index (χ4v) is 5.17. The molecule has 0 saturated carbocycles. The van der Waals surface area contributed by atoms with Gasteiger partial charge in [-0.1, -0.05) is 23.9 Å². The maximum atomic E-state index is 13.5. The van der Waals surface area contributed by atoms with Crippen molar-refractivity contribution in [2.45, 2.75) is 29.2 Å². The third-order valence-electron chi connectivity index (χ3n) is 5.81. The average molecular weight is 462 g/mol. The van der Waals surface area contributed by atoms with E-state index < -0.39 is 0 Å². The zero-order chi connectivity index (χ0) is 22.8. The molecule has 2 aliphatic rings. The van der Waals surface area contributed by atoms with Crippen molar-refractivity contribution in [2.24, 2.45) is 0 Å². The van der Waals surface area contributed by atoms with Gasteiger partial charge in [0.2, 0.25) is 5.91 Å². The van der Waals surface area contributed by atoms with Crippen molar-refractivity contribution in [1.29, 1.82) is 0 Å². The highest BCUT2D eigenvalue weighted by molar-refractivity contribution is 7.99. The molecule has 1 aromatic heterocycles. The highest BCUT2D eigenvalue weighted by atomic mass is 32.2. The summed E-state index contributed by atoms with van der Waals surface area (Å²) in [6, 6.07) is 16.3. The van der Waals surface area contributed by atoms with E-state index in [1.165, 1.54) is 16.7 Å². The second-order valence-electron chi connectivity index (χ2n) is 8.03. The Morgan fingerprint density at radius 3 is 2.61 bits per heavy atom. The predicted molar refractivity (Wildman–Crippen MR) is 124 cm³/mol. The van der Waals surface area contributed by atoms with Crippen molar-refractivity contribution in [2.75, 3.05) is 24.5 Å². The molecule has 1 saturated heterocycles. The van der Waals surface area contributed by atoms with Crippen molar-refractivity contribution in [3.8, 4) is 0 Å². The van der Waals surface area contributed by atoms with E-state index in [9.17, 15) is 14.4 Å². The largest absolute Gasteiger partial charge is 0.467 e. The SMILES string of the molecule is O=C(CN1C(=O)c2ccccc2Sc2ccc(C(=O)N3CCCC3)cc21)NCc1ccco1. The number of rotatable bonds is 5. The predicted octanol–water partition coefficient (Wildman–Crippen LogP) is 3.94. The summed E-state index contributed by atoms with van der Waals surface area (Å²) < 4.78 is 5.27. The summed E-state index contributed by atoms with van der Waals surface area (Å²) in [6.07, 6.45) is 3.55. The second-order valence-corrected chi connectivity index (χ2v) is 9.11. The lowest BCUT2D eigenvalue weighted by atomic mass is 10.1. The van der Waals surface area contributed by atoms with Gasteiger partial charge in [0, 0.05) is 28.4 Å². The van der Waals surface area contributed by atoms with E-state index in [-0.39, 0.29) is 30.8 Å². The Balaban J connectivity index is 1.47. The van der Waals surface area contributed by atoms with Crippen LogP contribution < -0.4 is 10.2 Å². The number of anilines is 1. The first kappa shape index (κ1) is 21.3. The van der Waals surface area contributed by atoms with Gasteiger partial charge in [-0.15, -0.1) is 0 Å². The Morgan fingerprint density at radius 2 is 1.82 bits per heavy atom. The molecule has 168 valence electrons. The molecule has 0 spiro atoms. The Morgan fingerprint density at radius 1 is 1.00 bits per heavy atom. The molecule has 0 unspecified atom stereocenters. The lowest BCUT2D eigenvalue weighted by molar-refractivity contribution is -0.120. The number of furan rings is 1. The molecule has 7 nitrogen and oxygen atoms in total. The molecule has 3 aromatic rings. The van der Waals surface area contributed by atoms with E-state index in [1.807, 2.05) is 29.2 Å². The fraction of sp³-hybridized carbons (Fsp3) is 0.240. The molecular formula is C25H23N3O4S. The Labute approximate surface area is 195 Å². The number of fused-ring (bicyclic) bond motifs is 2. The lowest BCUT2D eigenvalue weighted by Crippen LogP contribution is -2.40. The maximum Gasteiger partial charge on any atom is 0.259 e. The Hall–Kier alpha value is -3.52. The standard InChI is InChI=1S/C25H23N3O4S/c29-23(26-15-18-6-5-13-32-18)16-28-20-14-17(24(30)27-11-3-4-12-27)9-10-22(20)33-21-8-2-1-7-19(21)25(28)31/h1-2,5-10,13-14H,3-4,11-12,15-16H2,(H,26,29). The van der Waals surface area contributed by atoms with Crippen molar-refractivity contribution in [3.05, 3.63) is 77.7 Å². The first-order valence-electron chi connectivity index (χ1n) is 10.9. The van der Waals surface area contributed by atoms with Crippen LogP contribution in [0, 0.1) is 0 Å². The van der Waals surface area contributed by atoms with E-state index in [1.54, 1.807) is 36.6 Å². The van der Waals surface area contributed by atoms with Crippen LogP contribution in [0.5, 0.6) is 0 Å². The van der Waals surface area contributed by atoms with Crippen LogP contribution in [-0.4, -0.2) is 42.3 Å². The molecule has 0 bridgehead atoms. The number of benzene rings is 2. The fourth-order valence-electron chi connectivity index (χ4n) is 4.11. The minimum Gasteiger partial charge on any atom is -0.467 e. The van der Waals surface area contributed by atoms with Crippen LogP contribution in [0.3, 0.4) is 0 Å². The molecule has 2 aliphatic heterocycles. The molecular weight excluding hydrogens is 438 g/mol. The van der Waals surface area contributed by atoms with Crippen molar-refractivity contribution < 1.29 is 18.8 Å². The van der Waals surface area contributed by atoms with Gasteiger partial charge in [0.25, 0.3) is 11.8 Å². The van der Waals surface area contributed by atoms with E-state index in [4.69, 9.17) is 4.42 Å². The van der Waals surface area contributed by atoms with Crippen molar-refractivity contribution in [1.82, 2.24) is 10.2 Å². The van der Waals surface area contributed by atoms with Crippen molar-refractivity contribution in [3.63, 3.8) is 0 Å². The number of likely N-dealkylation sites (tertiary alicyclic amines) is 1. The highest BCUT2D eigenvalue weighted by Crippen LogP contribution is 2.41. The molecule has 0 aliphatic carbocycles. The molecule has 2 aromatic carbocycles. The van der Waals surface area contributed by atoms with Crippen LogP contribution in [0.2, 0.25) is 0 Å². The number of carbonyl (C=O) groups excluding carboxylic acids is 3. The van der Waals surface area contributed by atoms with Gasteiger partial charge in [0.15, 0.2) is 0 Å². The zero-order valence-electron chi connectivity index (χ0n) is 18.0. The zero-order valence-corrected chi connectivity index (χ0v) is 18.8. The summed E-state index contributed by atoms with van der Waals surface area (Å²) in [6.45, 7) is 1.56. The van der Waals surface area contributed by atoms with E-state index >= 15 is 0 Å². The van der Waals surface area contributed by atoms with Gasteiger partial charge in [0.1, 0.15) is 12.3 Å². The van der Waals surface area contributed by atoms with Crippen LogP contribution in [0.1, 0.15) is 39.3 Å². The summed E-state index contributed by atoms with van der Waals surface area (Å²) >= 11 is 1.47. The summed E-state index contributed by atoms with van der Waals surface area (Å²) in [5.74, 6) is 0.00388. The quantitative estimate of drug-likeness (QED) is 0.622. The number of hydrogen-bond donors (Lipinski definition) is 1. The third-order valence-corrected chi connectivity index (χ3v) is 6.96. The van der Waals surface area contributed by atoms with E-state index in [0.29, 0.717) is 22.6 Å². The van der Waals surface area contributed by atoms with Gasteiger partial charge >= 0.3 is 0 Å². The van der Waals surface area contributed by atoms with Crippen LogP contribution >= 0.6 is 11.8 Å². The monoisotopic (exact) mass is 461 g/mol. The smallest absolute Gasteiger partial charge is 0.259 e. The van der Waals surface area contributed by atoms with Crippen LogP contribution in [0.15, 0.2) is 75.1 Å². The molecule has 5 rings (SSSR count). The second kappa shape index (κ2) is 9.15. The Kier molecular flexibility index (Phi) is 5.92. The summed E-state index contributed by atoms with van der Waals surface area (Å²) in [5.41, 5.74) is 1.63. The number of carbonyl (C=O) groups is 3. The van der Waals surface area contributed by atoms with Gasteiger partial charge in [0.05, 0.1) is 24.1 Å². The third kappa shape index (κ3) is 4.39. The summed E-state index contributed by atoms with van der Waals surface area (Å²) in [4.78, 5) is 44.3. The highest BCUT2D eigenvalue weighted by Gasteiger charge is 2.30. The first-order chi connectivity index (χ1) is 16.1. The van der Waals surface area contributed by atoms with Gasteiger partial charge in [-0.05, 0) is 55.3 Å². The number of amides is 3. The Bertz CT molecular complexity index is 1200. The molecule has 1 fully saturated rings. The van der Waals surface area contributed by atoms with Gasteiger partial charge in [-0.2, -0.15) is 0 Å². The molecule has 33 heavy (non-hydrogen) atoms. The molecule has 3 heterocycles. The first-order valence-corrected chi connectivity index (χ1v) is 11.7. The number of hydrogen-bond acceptors (Lipinski definition) is 5. The van der Waals surface area contributed by atoms with Gasteiger partial charge in [-0.25, -0.2) is 0 Å². The van der Waals surface area contributed by atoms with Crippen LogP contribution in [0.25, 0.3) is 0 Å². The van der Waals surface area contributed by atoms with E-state index in [2.05, 4.69) is 5.32 Å². The van der Waals surface area contributed by atoms with Gasteiger partial charge in [-0.3, -0.25) is 19.3 Å². The van der Waals surface area contributed by atoms with Crippen molar-refractivity contribution >= 4 is 35.2 Å². The lowest BCUT2D eigenvalue weighted by Gasteiger charge is -2.24. The molecule has 3 amide bonds. The molecule has 1 N–H and O–H groups in total. The van der Waals surface area contributed by atoms with Crippen LogP contribution in [-0.2, 0) is 11.3 Å².